The highest BCUT2D eigenvalue weighted by molar-refractivity contribution is 7.10. The first-order valence-electron chi connectivity index (χ1n) is 5.83. The van der Waals surface area contributed by atoms with E-state index in [0.717, 1.165) is 22.2 Å². The Hall–Kier alpha value is -2.41. The third-order valence-corrected chi connectivity index (χ3v) is 3.55. The van der Waals surface area contributed by atoms with Crippen LogP contribution in [0.15, 0.2) is 23.7 Å². The van der Waals surface area contributed by atoms with E-state index < -0.39 is 5.97 Å². The molecule has 20 heavy (non-hydrogen) atoms. The van der Waals surface area contributed by atoms with Gasteiger partial charge in [-0.05, 0) is 30.0 Å². The lowest BCUT2D eigenvalue weighted by Crippen LogP contribution is -2.22. The molecule has 6 nitrogen and oxygen atoms in total. The Morgan fingerprint density at radius 3 is 3.00 bits per heavy atom. The standard InChI is InChI=1S/C13H13N3O3S/c1-8-11(6-15-16-8)13(19)14-5-10-4-9(7-20-10)2-3-12(17)18/h2-4,6-7H,5H2,1H3,(H,14,19)(H,15,16)(H,17,18). The summed E-state index contributed by atoms with van der Waals surface area (Å²) in [6.07, 6.45) is 4.09. The van der Waals surface area contributed by atoms with Gasteiger partial charge in [-0.25, -0.2) is 4.79 Å². The van der Waals surface area contributed by atoms with Crippen molar-refractivity contribution in [3.05, 3.63) is 45.4 Å². The summed E-state index contributed by atoms with van der Waals surface area (Å²) < 4.78 is 0. The zero-order chi connectivity index (χ0) is 14.5. The number of aromatic nitrogens is 2. The van der Waals surface area contributed by atoms with E-state index in [9.17, 15) is 9.59 Å². The number of nitrogens with zero attached hydrogens (tertiary/aromatic N) is 1. The van der Waals surface area contributed by atoms with E-state index in [1.165, 1.54) is 23.6 Å². The molecule has 0 aliphatic heterocycles. The number of aromatic amines is 1. The molecule has 7 heteroatoms. The summed E-state index contributed by atoms with van der Waals surface area (Å²) in [5.41, 5.74) is 2.05. The minimum absolute atomic E-state index is 0.188. The SMILES string of the molecule is Cc1[nH]ncc1C(=O)NCc1cc(C=CC(=O)O)cs1. The number of aliphatic carboxylic acids is 1. The van der Waals surface area contributed by atoms with Crippen LogP contribution in [0.25, 0.3) is 6.08 Å². The summed E-state index contributed by atoms with van der Waals surface area (Å²) in [5, 5.41) is 19.7. The van der Waals surface area contributed by atoms with Crippen LogP contribution < -0.4 is 5.32 Å². The van der Waals surface area contributed by atoms with Gasteiger partial charge in [-0.2, -0.15) is 5.10 Å². The van der Waals surface area contributed by atoms with Crippen LogP contribution in [-0.4, -0.2) is 27.2 Å². The summed E-state index contributed by atoms with van der Waals surface area (Å²) in [5.74, 6) is -1.17. The topological polar surface area (TPSA) is 95.1 Å². The predicted molar refractivity (Wildman–Crippen MR) is 75.5 cm³/mol. The second-order valence-corrected chi connectivity index (χ2v) is 5.11. The molecule has 0 saturated carbocycles. The van der Waals surface area contributed by atoms with Crippen molar-refractivity contribution in [3.63, 3.8) is 0 Å². The number of hydrogen-bond acceptors (Lipinski definition) is 4. The van der Waals surface area contributed by atoms with Gasteiger partial charge in [0, 0.05) is 16.6 Å². The number of carboxylic acid groups (broad SMARTS) is 1. The summed E-state index contributed by atoms with van der Waals surface area (Å²) in [6, 6.07) is 1.84. The number of hydrogen-bond donors (Lipinski definition) is 3. The van der Waals surface area contributed by atoms with Crippen molar-refractivity contribution < 1.29 is 14.7 Å². The molecule has 0 fully saturated rings. The first-order valence-corrected chi connectivity index (χ1v) is 6.71. The third kappa shape index (κ3) is 3.55. The first kappa shape index (κ1) is 14.0. The molecule has 2 aromatic rings. The highest BCUT2D eigenvalue weighted by Crippen LogP contribution is 2.16. The van der Waals surface area contributed by atoms with E-state index >= 15 is 0 Å². The normalized spacial score (nSPS) is 10.8. The van der Waals surface area contributed by atoms with Crippen molar-refractivity contribution in [2.45, 2.75) is 13.5 Å². The molecule has 2 heterocycles. The minimum Gasteiger partial charge on any atom is -0.478 e. The average molecular weight is 291 g/mol. The molecular formula is C13H13N3O3S. The quantitative estimate of drug-likeness (QED) is 0.732. The Bertz CT molecular complexity index is 657. The van der Waals surface area contributed by atoms with Gasteiger partial charge in [-0.3, -0.25) is 9.89 Å². The lowest BCUT2D eigenvalue weighted by molar-refractivity contribution is -0.131. The van der Waals surface area contributed by atoms with Gasteiger partial charge in [0.2, 0.25) is 0 Å². The fourth-order valence-electron chi connectivity index (χ4n) is 1.59. The molecule has 0 saturated heterocycles. The summed E-state index contributed by atoms with van der Waals surface area (Å²) >= 11 is 1.46. The second kappa shape index (κ2) is 6.16. The number of rotatable bonds is 5. The number of nitrogens with one attached hydrogen (secondary N) is 2. The molecule has 0 aliphatic rings. The molecular weight excluding hydrogens is 278 g/mol. The molecule has 0 atom stereocenters. The van der Waals surface area contributed by atoms with E-state index in [2.05, 4.69) is 15.5 Å². The first-order chi connectivity index (χ1) is 9.56. The van der Waals surface area contributed by atoms with Crippen LogP contribution in [0.3, 0.4) is 0 Å². The largest absolute Gasteiger partial charge is 0.478 e. The predicted octanol–water partition coefficient (Wildman–Crippen LogP) is 1.81. The fraction of sp³-hybridized carbons (Fsp3) is 0.154. The molecule has 0 unspecified atom stereocenters. The van der Waals surface area contributed by atoms with Gasteiger partial charge in [0.25, 0.3) is 5.91 Å². The number of amides is 1. The minimum atomic E-state index is -0.985. The van der Waals surface area contributed by atoms with Crippen LogP contribution in [0.5, 0.6) is 0 Å². The maximum atomic E-state index is 11.9. The monoisotopic (exact) mass is 291 g/mol. The lowest BCUT2D eigenvalue weighted by Gasteiger charge is -2.01. The van der Waals surface area contributed by atoms with E-state index in [4.69, 9.17) is 5.11 Å². The van der Waals surface area contributed by atoms with Crippen LogP contribution >= 0.6 is 11.3 Å². The molecule has 1 amide bonds. The van der Waals surface area contributed by atoms with Gasteiger partial charge in [0.15, 0.2) is 0 Å². The summed E-state index contributed by atoms with van der Waals surface area (Å²) in [7, 11) is 0. The fourth-order valence-corrected chi connectivity index (χ4v) is 2.38. The van der Waals surface area contributed by atoms with Gasteiger partial charge >= 0.3 is 5.97 Å². The summed E-state index contributed by atoms with van der Waals surface area (Å²) in [6.45, 7) is 2.18. The zero-order valence-corrected chi connectivity index (χ0v) is 11.5. The smallest absolute Gasteiger partial charge is 0.328 e. The van der Waals surface area contributed by atoms with Crippen LogP contribution in [0.2, 0.25) is 0 Å². The number of thiophene rings is 1. The third-order valence-electron chi connectivity index (χ3n) is 2.59. The highest BCUT2D eigenvalue weighted by Gasteiger charge is 2.10. The van der Waals surface area contributed by atoms with Crippen molar-refractivity contribution in [2.75, 3.05) is 0 Å². The number of carbonyl (C=O) groups excluding carboxylic acids is 1. The lowest BCUT2D eigenvalue weighted by atomic mass is 10.2. The highest BCUT2D eigenvalue weighted by atomic mass is 32.1. The molecule has 104 valence electrons. The number of carbonyl (C=O) groups is 2. The van der Waals surface area contributed by atoms with E-state index in [1.54, 1.807) is 6.92 Å². The van der Waals surface area contributed by atoms with Gasteiger partial charge in [0.1, 0.15) is 0 Å². The Morgan fingerprint density at radius 2 is 2.35 bits per heavy atom. The van der Waals surface area contributed by atoms with Crippen LogP contribution in [0.4, 0.5) is 0 Å². The van der Waals surface area contributed by atoms with Gasteiger partial charge < -0.3 is 10.4 Å². The van der Waals surface area contributed by atoms with Crippen molar-refractivity contribution in [1.29, 1.82) is 0 Å². The number of carboxylic acids is 1. The van der Waals surface area contributed by atoms with Gasteiger partial charge in [0.05, 0.1) is 18.3 Å². The van der Waals surface area contributed by atoms with Crippen molar-refractivity contribution >= 4 is 29.3 Å². The molecule has 2 aromatic heterocycles. The van der Waals surface area contributed by atoms with Crippen LogP contribution in [0, 0.1) is 6.92 Å². The number of H-pyrrole nitrogens is 1. The Balaban J connectivity index is 1.93. The molecule has 0 radical (unpaired) electrons. The van der Waals surface area contributed by atoms with Crippen LogP contribution in [0.1, 0.15) is 26.5 Å². The van der Waals surface area contributed by atoms with E-state index in [-0.39, 0.29) is 5.91 Å². The second-order valence-electron chi connectivity index (χ2n) is 4.11. The number of aryl methyl sites for hydroxylation is 1. The van der Waals surface area contributed by atoms with Crippen molar-refractivity contribution in [3.8, 4) is 0 Å². The maximum absolute atomic E-state index is 11.9. The molecule has 0 aliphatic carbocycles. The molecule has 0 spiro atoms. The molecule has 2 rings (SSSR count). The van der Waals surface area contributed by atoms with Crippen LogP contribution in [-0.2, 0) is 11.3 Å². The van der Waals surface area contributed by atoms with Gasteiger partial charge in [-0.1, -0.05) is 0 Å². The summed E-state index contributed by atoms with van der Waals surface area (Å²) in [4.78, 5) is 23.2. The van der Waals surface area contributed by atoms with E-state index in [1.807, 2.05) is 11.4 Å². The maximum Gasteiger partial charge on any atom is 0.328 e. The Labute approximate surface area is 119 Å². The molecule has 0 bridgehead atoms. The van der Waals surface area contributed by atoms with E-state index in [0.29, 0.717) is 12.1 Å². The zero-order valence-electron chi connectivity index (χ0n) is 10.7. The van der Waals surface area contributed by atoms with Gasteiger partial charge in [-0.15, -0.1) is 11.3 Å². The van der Waals surface area contributed by atoms with Crippen molar-refractivity contribution in [2.24, 2.45) is 0 Å². The average Bonchev–Trinajstić information content (AvgIpc) is 3.02. The Kier molecular flexibility index (Phi) is 4.31. The Morgan fingerprint density at radius 1 is 1.55 bits per heavy atom. The van der Waals surface area contributed by atoms with Crippen molar-refractivity contribution in [1.82, 2.24) is 15.5 Å². The molecule has 0 aromatic carbocycles. The molecule has 3 N–H and O–H groups in total.